The van der Waals surface area contributed by atoms with Gasteiger partial charge in [0.05, 0.1) is 14.9 Å². The highest BCUT2D eigenvalue weighted by Crippen LogP contribution is 2.33. The maximum absolute atomic E-state index is 10.5. The average Bonchev–Trinajstić information content (AvgIpc) is 2.64. The second kappa shape index (κ2) is 5.37. The number of hydrogen-bond donors (Lipinski definition) is 0. The van der Waals surface area contributed by atoms with Crippen LogP contribution in [0.2, 0.25) is 0 Å². The van der Waals surface area contributed by atoms with Gasteiger partial charge < -0.3 is 0 Å². The third-order valence-corrected chi connectivity index (χ3v) is 5.54. The van der Waals surface area contributed by atoms with E-state index in [0.29, 0.717) is 5.04 Å². The Hall–Kier alpha value is 0.0700. The first-order chi connectivity index (χ1) is 7.96. The summed E-state index contributed by atoms with van der Waals surface area (Å²) in [5.74, 6) is 0. The van der Waals surface area contributed by atoms with Crippen LogP contribution in [0.3, 0.4) is 0 Å². The van der Waals surface area contributed by atoms with E-state index in [-0.39, 0.29) is 0 Å². The molecule has 0 aliphatic carbocycles. The fraction of sp³-hybridized carbons (Fsp3) is 0. The number of hydrogen-bond acceptors (Lipinski definition) is 6. The Morgan fingerprint density at radius 3 is 2.47 bits per heavy atom. The Kier molecular flexibility index (Phi) is 4.26. The molecule has 1 aromatic carbocycles. The van der Waals surface area contributed by atoms with E-state index < -0.39 is 21.0 Å². The van der Waals surface area contributed by atoms with Gasteiger partial charge in [-0.15, -0.1) is 0 Å². The number of halogens is 2. The summed E-state index contributed by atoms with van der Waals surface area (Å²) in [6.07, 6.45) is 0. The normalized spacial score (nSPS) is 20.0. The largest absolute Gasteiger partial charge is 0.202 e. The summed E-state index contributed by atoms with van der Waals surface area (Å²) in [4.78, 5) is 0. The summed E-state index contributed by atoms with van der Waals surface area (Å²) in [5, 5.41) is 0.439. The first kappa shape index (κ1) is 13.5. The molecule has 0 amide bonds. The second-order valence-electron chi connectivity index (χ2n) is 2.84. The molecule has 0 fully saturated rings. The van der Waals surface area contributed by atoms with Crippen molar-refractivity contribution in [1.29, 1.82) is 0 Å². The molecule has 0 N–H and O–H groups in total. The van der Waals surface area contributed by atoms with Crippen LogP contribution < -0.4 is 14.0 Å². The Morgan fingerprint density at radius 2 is 1.88 bits per heavy atom. The molecule has 1 heterocycles. The molecule has 92 valence electrons. The molecule has 0 saturated heterocycles. The van der Waals surface area contributed by atoms with Crippen molar-refractivity contribution in [3.05, 3.63) is 34.3 Å². The predicted molar refractivity (Wildman–Crippen MR) is 63.0 cm³/mol. The molecule has 1 aliphatic heterocycles. The fourth-order valence-corrected chi connectivity index (χ4v) is 4.48. The van der Waals surface area contributed by atoms with Gasteiger partial charge in [0.1, 0.15) is 8.78 Å². The summed E-state index contributed by atoms with van der Waals surface area (Å²) in [5.41, 5.74) is 0.719. The quantitative estimate of drug-likeness (QED) is 0.547. The highest BCUT2D eigenvalue weighted by molar-refractivity contribution is 9.10. The molecular formula is C8H5BrClNO4S2. The lowest BCUT2D eigenvalue weighted by molar-refractivity contribution is -1.91. The molecule has 9 heteroatoms. The zero-order chi connectivity index (χ0) is 12.5. The van der Waals surface area contributed by atoms with Gasteiger partial charge in [-0.1, -0.05) is 28.1 Å². The van der Waals surface area contributed by atoms with Crippen molar-refractivity contribution in [2.45, 2.75) is 0 Å². The predicted octanol–water partition coefficient (Wildman–Crippen LogP) is -0.285. The molecule has 0 bridgehead atoms. The third-order valence-electron chi connectivity index (χ3n) is 1.69. The number of benzene rings is 1. The zero-order valence-electron chi connectivity index (χ0n) is 8.04. The summed E-state index contributed by atoms with van der Waals surface area (Å²) in [6, 6.07) is 7.12. The van der Waals surface area contributed by atoms with Crippen LogP contribution in [-0.2, 0) is 3.74 Å². The van der Waals surface area contributed by atoms with E-state index >= 15 is 0 Å². The van der Waals surface area contributed by atoms with Crippen LogP contribution in [-0.4, -0.2) is 9.74 Å². The van der Waals surface area contributed by atoms with E-state index in [0.717, 1.165) is 22.0 Å². The summed E-state index contributed by atoms with van der Waals surface area (Å²) >= 11 is 4.35. The molecule has 0 aromatic heterocycles. The first-order valence-corrected chi connectivity index (χ1v) is 8.20. The molecule has 1 aliphatic rings. The van der Waals surface area contributed by atoms with Gasteiger partial charge in [-0.2, -0.15) is 14.0 Å². The third kappa shape index (κ3) is 3.76. The van der Waals surface area contributed by atoms with Crippen molar-refractivity contribution < 1.29 is 28.0 Å². The van der Waals surface area contributed by atoms with Crippen LogP contribution in [0.25, 0.3) is 0 Å². The Balaban J connectivity index is 2.22. The van der Waals surface area contributed by atoms with E-state index in [4.69, 9.17) is 0 Å². The fourth-order valence-electron chi connectivity index (χ4n) is 1.08. The molecule has 2 rings (SSSR count). The topological polar surface area (TPSA) is 90.8 Å². The highest BCUT2D eigenvalue weighted by atomic mass is 79.9. The summed E-state index contributed by atoms with van der Waals surface area (Å²) < 4.78 is 42.4. The van der Waals surface area contributed by atoms with Gasteiger partial charge in [-0.3, -0.25) is 0 Å². The van der Waals surface area contributed by atoms with E-state index in [1.54, 1.807) is 24.3 Å². The average molecular weight is 359 g/mol. The Labute approximate surface area is 115 Å². The van der Waals surface area contributed by atoms with Gasteiger partial charge in [0.25, 0.3) is 0 Å². The molecule has 5 nitrogen and oxygen atoms in total. The van der Waals surface area contributed by atoms with Crippen molar-refractivity contribution in [2.24, 2.45) is 4.40 Å². The minimum Gasteiger partial charge on any atom is -0.202 e. The lowest BCUT2D eigenvalue weighted by Gasteiger charge is -2.12. The highest BCUT2D eigenvalue weighted by Gasteiger charge is 2.29. The number of nitrogens with zero attached hydrogens (tertiary/aromatic N) is 1. The van der Waals surface area contributed by atoms with E-state index in [1.807, 2.05) is 0 Å². The second-order valence-corrected chi connectivity index (χ2v) is 7.16. The van der Waals surface area contributed by atoms with Crippen LogP contribution in [0.5, 0.6) is 0 Å². The van der Waals surface area contributed by atoms with Gasteiger partial charge in [-0.05, 0) is 12.1 Å². The Bertz CT molecular complexity index is 485. The summed E-state index contributed by atoms with van der Waals surface area (Å²) in [7, 11) is -5.69. The molecular weight excluding hydrogens is 354 g/mol. The monoisotopic (exact) mass is 357 g/mol. The van der Waals surface area contributed by atoms with Gasteiger partial charge in [-0.25, -0.2) is 4.40 Å². The smallest absolute Gasteiger partial charge is 0.167 e. The van der Waals surface area contributed by atoms with Crippen LogP contribution in [0.4, 0.5) is 0 Å². The maximum Gasteiger partial charge on any atom is 0.167 e. The van der Waals surface area contributed by atoms with Crippen LogP contribution in [0, 0.1) is 10.2 Å². The summed E-state index contributed by atoms with van der Waals surface area (Å²) in [6.45, 7) is 0. The standard InChI is InChI=1S/C8H5BrClNO4S2/c9-7-3-1-6(2-4-7)8-11-16-5-17(8)15-10(12,13)14/h1-5H. The lowest BCUT2D eigenvalue weighted by Crippen LogP contribution is -2.60. The molecule has 1 atom stereocenters. The van der Waals surface area contributed by atoms with Crippen molar-refractivity contribution in [2.75, 3.05) is 0 Å². The minimum absolute atomic E-state index is 0.439. The maximum atomic E-state index is 10.5. The van der Waals surface area contributed by atoms with Crippen LogP contribution in [0.1, 0.15) is 5.56 Å². The van der Waals surface area contributed by atoms with Gasteiger partial charge in [0.2, 0.25) is 0 Å². The Morgan fingerprint density at radius 1 is 1.24 bits per heavy atom. The molecule has 0 radical (unpaired) electrons. The SMILES string of the molecule is [O-][Cl+3]([O-])([O-])OS1=CSN=C1c1ccc(Br)cc1. The van der Waals surface area contributed by atoms with Crippen molar-refractivity contribution >= 4 is 48.4 Å². The molecule has 0 spiro atoms. The van der Waals surface area contributed by atoms with E-state index in [2.05, 4.69) is 24.1 Å². The van der Waals surface area contributed by atoms with Gasteiger partial charge in [0, 0.05) is 22.0 Å². The first-order valence-electron chi connectivity index (χ1n) is 4.13. The molecule has 0 saturated carbocycles. The molecule has 1 unspecified atom stereocenters. The van der Waals surface area contributed by atoms with Crippen molar-refractivity contribution in [3.8, 4) is 0 Å². The lowest BCUT2D eigenvalue weighted by atomic mass is 10.2. The molecule has 17 heavy (non-hydrogen) atoms. The minimum atomic E-state index is -4.45. The van der Waals surface area contributed by atoms with Gasteiger partial charge >= 0.3 is 0 Å². The van der Waals surface area contributed by atoms with Gasteiger partial charge in [0.15, 0.2) is 10.8 Å². The van der Waals surface area contributed by atoms with E-state index in [9.17, 15) is 14.0 Å². The van der Waals surface area contributed by atoms with E-state index in [1.165, 1.54) is 4.70 Å². The van der Waals surface area contributed by atoms with Crippen molar-refractivity contribution in [3.63, 3.8) is 0 Å². The zero-order valence-corrected chi connectivity index (χ0v) is 12.0. The van der Waals surface area contributed by atoms with Crippen LogP contribution >= 0.6 is 38.6 Å². The number of rotatable bonds is 3. The van der Waals surface area contributed by atoms with Crippen molar-refractivity contribution in [1.82, 2.24) is 0 Å². The molecule has 1 aromatic rings. The van der Waals surface area contributed by atoms with Crippen LogP contribution in [0.15, 0.2) is 33.1 Å².